The fraction of sp³-hybridized carbons (Fsp3) is 0.385. The molecule has 0 fully saturated rings. The maximum absolute atomic E-state index is 2.39. The van der Waals surface area contributed by atoms with E-state index in [9.17, 15) is 0 Å². The summed E-state index contributed by atoms with van der Waals surface area (Å²) < 4.78 is 0. The summed E-state index contributed by atoms with van der Waals surface area (Å²) in [6, 6.07) is 22.2. The van der Waals surface area contributed by atoms with E-state index in [0.29, 0.717) is 5.92 Å². The molecule has 2 aromatic carbocycles. The van der Waals surface area contributed by atoms with Gasteiger partial charge in [0.2, 0.25) is 0 Å². The minimum absolute atomic E-state index is 0.0332. The van der Waals surface area contributed by atoms with Gasteiger partial charge in [0.15, 0.2) is 0 Å². The molecule has 0 heterocycles. The highest BCUT2D eigenvalue weighted by Crippen LogP contribution is 2.58. The van der Waals surface area contributed by atoms with E-state index in [1.165, 1.54) is 27.8 Å². The molecule has 1 aliphatic rings. The Labute approximate surface area is 159 Å². The summed E-state index contributed by atoms with van der Waals surface area (Å²) >= 11 is 0. The van der Waals surface area contributed by atoms with Crippen molar-refractivity contribution in [3.63, 3.8) is 0 Å². The second-order valence-electron chi connectivity index (χ2n) is 8.80. The molecule has 0 amide bonds. The molecule has 2 aromatic rings. The smallest absolute Gasteiger partial charge is 0.0470 e. The number of rotatable bonds is 3. The summed E-state index contributed by atoms with van der Waals surface area (Å²) in [6.07, 6.45) is 0. The van der Waals surface area contributed by atoms with Gasteiger partial charge in [0.25, 0.3) is 0 Å². The van der Waals surface area contributed by atoms with Gasteiger partial charge in [0.1, 0.15) is 0 Å². The zero-order valence-electron chi connectivity index (χ0n) is 17.4. The van der Waals surface area contributed by atoms with E-state index < -0.39 is 0 Å². The van der Waals surface area contributed by atoms with Crippen LogP contribution in [0.1, 0.15) is 59.6 Å². The number of allylic oxidation sites excluding steroid dienone is 4. The van der Waals surface area contributed by atoms with Gasteiger partial charge in [-0.05, 0) is 60.0 Å². The summed E-state index contributed by atoms with van der Waals surface area (Å²) in [5, 5.41) is 0. The molecule has 136 valence electrons. The van der Waals surface area contributed by atoms with Crippen LogP contribution in [0.5, 0.6) is 0 Å². The van der Waals surface area contributed by atoms with Crippen molar-refractivity contribution >= 4 is 0 Å². The normalized spacial score (nSPS) is 18.7. The second kappa shape index (κ2) is 6.58. The lowest BCUT2D eigenvalue weighted by atomic mass is 9.53. The van der Waals surface area contributed by atoms with Crippen LogP contribution in [0.15, 0.2) is 83.0 Å². The van der Waals surface area contributed by atoms with E-state index in [1.54, 1.807) is 5.57 Å². The SMILES string of the molecule is CC1=C(C)C(C)C(C(c2ccccc2)(c2ccccc2)C(C)(C)C)=C1C. The van der Waals surface area contributed by atoms with Crippen LogP contribution in [-0.2, 0) is 5.41 Å². The maximum atomic E-state index is 2.39. The second-order valence-corrected chi connectivity index (χ2v) is 8.80. The standard InChI is InChI=1S/C26H32/c1-18-19(2)21(4)24(20(18)3)26(25(5,6)7,22-14-10-8-11-15-22)23-16-12-9-13-17-23/h8-17,20H,1-7H3. The lowest BCUT2D eigenvalue weighted by molar-refractivity contribution is 0.255. The monoisotopic (exact) mass is 344 g/mol. The molecule has 0 saturated heterocycles. The summed E-state index contributed by atoms with van der Waals surface area (Å²) in [6.45, 7) is 16.5. The van der Waals surface area contributed by atoms with E-state index in [4.69, 9.17) is 0 Å². The van der Waals surface area contributed by atoms with Crippen molar-refractivity contribution in [2.75, 3.05) is 0 Å². The van der Waals surface area contributed by atoms with Crippen LogP contribution in [0.25, 0.3) is 0 Å². The quantitative estimate of drug-likeness (QED) is 0.547. The van der Waals surface area contributed by atoms with Crippen LogP contribution >= 0.6 is 0 Å². The van der Waals surface area contributed by atoms with Gasteiger partial charge in [0, 0.05) is 5.41 Å². The highest BCUT2D eigenvalue weighted by molar-refractivity contribution is 5.60. The van der Waals surface area contributed by atoms with Gasteiger partial charge in [0.05, 0.1) is 0 Å². The molecule has 1 atom stereocenters. The van der Waals surface area contributed by atoms with Crippen molar-refractivity contribution in [2.45, 2.75) is 53.9 Å². The van der Waals surface area contributed by atoms with Crippen LogP contribution in [0.2, 0.25) is 0 Å². The Hall–Kier alpha value is -2.08. The molecular formula is C26H32. The van der Waals surface area contributed by atoms with Crippen molar-refractivity contribution < 1.29 is 0 Å². The van der Waals surface area contributed by atoms with Gasteiger partial charge in [-0.25, -0.2) is 0 Å². The third-order valence-corrected chi connectivity index (χ3v) is 6.58. The van der Waals surface area contributed by atoms with Crippen LogP contribution in [0.3, 0.4) is 0 Å². The average Bonchev–Trinajstić information content (AvgIpc) is 2.81. The topological polar surface area (TPSA) is 0 Å². The van der Waals surface area contributed by atoms with Gasteiger partial charge in [-0.2, -0.15) is 0 Å². The Morgan fingerprint density at radius 2 is 1.08 bits per heavy atom. The third kappa shape index (κ3) is 2.58. The van der Waals surface area contributed by atoms with E-state index in [0.717, 1.165) is 0 Å². The van der Waals surface area contributed by atoms with Crippen molar-refractivity contribution in [1.29, 1.82) is 0 Å². The molecule has 0 nitrogen and oxygen atoms in total. The van der Waals surface area contributed by atoms with Crippen LogP contribution < -0.4 is 0 Å². The summed E-state index contributed by atoms with van der Waals surface area (Å²) in [4.78, 5) is 0. The number of hydrogen-bond donors (Lipinski definition) is 0. The number of benzene rings is 2. The molecule has 0 bridgehead atoms. The first-order valence-corrected chi connectivity index (χ1v) is 9.73. The molecular weight excluding hydrogens is 312 g/mol. The van der Waals surface area contributed by atoms with Crippen molar-refractivity contribution in [3.05, 3.63) is 94.1 Å². The Morgan fingerprint density at radius 1 is 0.654 bits per heavy atom. The van der Waals surface area contributed by atoms with Gasteiger partial charge >= 0.3 is 0 Å². The Kier molecular flexibility index (Phi) is 4.73. The molecule has 26 heavy (non-hydrogen) atoms. The van der Waals surface area contributed by atoms with Gasteiger partial charge in [-0.15, -0.1) is 0 Å². The summed E-state index contributed by atoms with van der Waals surface area (Å²) in [5.41, 5.74) is 8.68. The number of hydrogen-bond acceptors (Lipinski definition) is 0. The zero-order valence-corrected chi connectivity index (χ0v) is 17.4. The molecule has 3 rings (SSSR count). The van der Waals surface area contributed by atoms with Gasteiger partial charge in [-0.3, -0.25) is 0 Å². The first-order chi connectivity index (χ1) is 12.2. The minimum Gasteiger partial charge on any atom is -0.0632 e. The molecule has 0 aliphatic heterocycles. The van der Waals surface area contributed by atoms with E-state index >= 15 is 0 Å². The maximum Gasteiger partial charge on any atom is 0.0470 e. The van der Waals surface area contributed by atoms with Gasteiger partial charge in [-0.1, -0.05) is 93.9 Å². The molecule has 1 unspecified atom stereocenters. The zero-order chi connectivity index (χ0) is 19.1. The highest BCUT2D eigenvalue weighted by Gasteiger charge is 2.51. The fourth-order valence-corrected chi connectivity index (χ4v) is 5.09. The lowest BCUT2D eigenvalue weighted by Crippen LogP contribution is -2.44. The minimum atomic E-state index is -0.155. The molecule has 1 aliphatic carbocycles. The van der Waals surface area contributed by atoms with Crippen molar-refractivity contribution in [2.24, 2.45) is 11.3 Å². The third-order valence-electron chi connectivity index (χ3n) is 6.58. The molecule has 0 N–H and O–H groups in total. The Morgan fingerprint density at radius 3 is 1.38 bits per heavy atom. The highest BCUT2D eigenvalue weighted by atomic mass is 14.5. The van der Waals surface area contributed by atoms with Crippen LogP contribution in [0, 0.1) is 11.3 Å². The van der Waals surface area contributed by atoms with Crippen molar-refractivity contribution in [1.82, 2.24) is 0 Å². The lowest BCUT2D eigenvalue weighted by Gasteiger charge is -2.49. The molecule has 0 saturated carbocycles. The van der Waals surface area contributed by atoms with Crippen molar-refractivity contribution in [3.8, 4) is 0 Å². The summed E-state index contributed by atoms with van der Waals surface area (Å²) in [5.74, 6) is 0.453. The molecule has 0 aromatic heterocycles. The predicted octanol–water partition coefficient (Wildman–Crippen LogP) is 7.32. The first kappa shape index (κ1) is 18.7. The summed E-state index contributed by atoms with van der Waals surface area (Å²) in [7, 11) is 0. The Bertz CT molecular complexity index is 802. The van der Waals surface area contributed by atoms with Gasteiger partial charge < -0.3 is 0 Å². The molecule has 0 heteroatoms. The molecule has 0 radical (unpaired) electrons. The fourth-order valence-electron chi connectivity index (χ4n) is 5.09. The average molecular weight is 345 g/mol. The largest absolute Gasteiger partial charge is 0.0632 e. The van der Waals surface area contributed by atoms with E-state index in [-0.39, 0.29) is 10.8 Å². The Balaban J connectivity index is 2.45. The van der Waals surface area contributed by atoms with E-state index in [1.807, 2.05) is 0 Å². The first-order valence-electron chi connectivity index (χ1n) is 9.73. The molecule has 0 spiro atoms. The van der Waals surface area contributed by atoms with Crippen LogP contribution in [0.4, 0.5) is 0 Å². The predicted molar refractivity (Wildman–Crippen MR) is 113 cm³/mol. The van der Waals surface area contributed by atoms with E-state index in [2.05, 4.69) is 109 Å². The van der Waals surface area contributed by atoms with Crippen LogP contribution in [-0.4, -0.2) is 0 Å².